The van der Waals surface area contributed by atoms with Gasteiger partial charge in [-0.25, -0.2) is 9.97 Å². The third-order valence-electron chi connectivity index (χ3n) is 5.09. The molecule has 0 unspecified atom stereocenters. The molecule has 0 radical (unpaired) electrons. The second kappa shape index (κ2) is 8.41. The second-order valence-electron chi connectivity index (χ2n) is 7.70. The van der Waals surface area contributed by atoms with Gasteiger partial charge in [-0.3, -0.25) is 8.77 Å². The van der Waals surface area contributed by atoms with Crippen LogP contribution in [0.15, 0.2) is 30.3 Å². The Balaban J connectivity index is 1.76. The number of hydrogen-bond acceptors (Lipinski definition) is 5. The number of aryl methyl sites for hydroxylation is 2. The maximum atomic E-state index is 12.3. The average molecular weight is 442 g/mol. The Kier molecular flexibility index (Phi) is 5.86. The summed E-state index contributed by atoms with van der Waals surface area (Å²) in [7, 11) is 3.96. The van der Waals surface area contributed by atoms with Gasteiger partial charge in [0.2, 0.25) is 5.91 Å². The van der Waals surface area contributed by atoms with Gasteiger partial charge < -0.3 is 10.2 Å². The Morgan fingerprint density at radius 3 is 2.53 bits per heavy atom. The van der Waals surface area contributed by atoms with Crippen molar-refractivity contribution in [1.29, 1.82) is 0 Å². The van der Waals surface area contributed by atoms with Gasteiger partial charge in [0.25, 0.3) is 0 Å². The average Bonchev–Trinajstić information content (AvgIpc) is 2.97. The first-order valence-corrected chi connectivity index (χ1v) is 11.1. The first-order chi connectivity index (χ1) is 14.3. The van der Waals surface area contributed by atoms with Gasteiger partial charge in [0.05, 0.1) is 22.3 Å². The van der Waals surface area contributed by atoms with Gasteiger partial charge in [-0.1, -0.05) is 11.6 Å². The molecule has 2 aromatic heterocycles. The monoisotopic (exact) mass is 441 g/mol. The van der Waals surface area contributed by atoms with Crippen LogP contribution < -0.4 is 5.32 Å². The van der Waals surface area contributed by atoms with Gasteiger partial charge in [-0.2, -0.15) is 0 Å². The van der Waals surface area contributed by atoms with Crippen LogP contribution in [-0.2, 0) is 4.79 Å². The van der Waals surface area contributed by atoms with Gasteiger partial charge in [0, 0.05) is 23.5 Å². The number of carbonyl (C=O) groups excluding carboxylic acids is 1. The number of aromatic nitrogens is 3. The van der Waals surface area contributed by atoms with E-state index in [0.717, 1.165) is 39.6 Å². The first-order valence-electron chi connectivity index (χ1n) is 9.77. The highest BCUT2D eigenvalue weighted by Crippen LogP contribution is 2.33. The number of benzene rings is 2. The number of fused-ring (bicyclic) bond motifs is 4. The zero-order valence-corrected chi connectivity index (χ0v) is 19.1. The summed E-state index contributed by atoms with van der Waals surface area (Å²) in [6, 6.07) is 9.85. The summed E-state index contributed by atoms with van der Waals surface area (Å²) in [6.45, 7) is 5.58. The summed E-state index contributed by atoms with van der Waals surface area (Å²) in [5, 5.41) is 4.54. The van der Waals surface area contributed by atoms with E-state index in [1.807, 2.05) is 41.2 Å². The van der Waals surface area contributed by atoms with Crippen LogP contribution in [0.4, 0.5) is 0 Å². The van der Waals surface area contributed by atoms with E-state index in [2.05, 4.69) is 31.3 Å². The molecule has 0 atom stereocenters. The molecule has 0 bridgehead atoms. The Bertz CT molecular complexity index is 1270. The van der Waals surface area contributed by atoms with E-state index in [9.17, 15) is 4.79 Å². The Morgan fingerprint density at radius 1 is 1.13 bits per heavy atom. The largest absolute Gasteiger partial charge is 0.354 e. The minimum Gasteiger partial charge on any atom is -0.354 e. The van der Waals surface area contributed by atoms with Crippen molar-refractivity contribution in [2.45, 2.75) is 13.8 Å². The van der Waals surface area contributed by atoms with Crippen molar-refractivity contribution in [3.63, 3.8) is 0 Å². The highest BCUT2D eigenvalue weighted by atomic mass is 35.5. The highest BCUT2D eigenvalue weighted by molar-refractivity contribution is 7.98. The van der Waals surface area contributed by atoms with E-state index in [0.29, 0.717) is 17.3 Å². The number of rotatable bonds is 6. The molecule has 1 N–H and O–H groups in total. The molecule has 2 aromatic carbocycles. The lowest BCUT2D eigenvalue weighted by atomic mass is 10.1. The zero-order valence-electron chi connectivity index (χ0n) is 17.5. The number of nitrogens with zero attached hydrogens (tertiary/aromatic N) is 4. The molecule has 4 rings (SSSR count). The number of halogens is 1. The molecule has 0 aliphatic rings. The van der Waals surface area contributed by atoms with E-state index < -0.39 is 0 Å². The number of likely N-dealkylation sites (N-methyl/N-ethyl adjacent to an activating group) is 1. The molecule has 2 heterocycles. The fourth-order valence-electron chi connectivity index (χ4n) is 3.34. The van der Waals surface area contributed by atoms with E-state index in [4.69, 9.17) is 21.6 Å². The molecule has 6 nitrogen and oxygen atoms in total. The maximum absolute atomic E-state index is 12.3. The van der Waals surface area contributed by atoms with Crippen LogP contribution in [0.3, 0.4) is 0 Å². The van der Waals surface area contributed by atoms with E-state index in [1.165, 1.54) is 23.1 Å². The molecule has 1 amide bonds. The van der Waals surface area contributed by atoms with Crippen molar-refractivity contribution in [2.24, 2.45) is 0 Å². The van der Waals surface area contributed by atoms with Gasteiger partial charge >= 0.3 is 0 Å². The maximum Gasteiger partial charge on any atom is 0.231 e. The Morgan fingerprint density at radius 2 is 1.83 bits per heavy atom. The predicted molar refractivity (Wildman–Crippen MR) is 126 cm³/mol. The van der Waals surface area contributed by atoms with Gasteiger partial charge in [-0.05, 0) is 81.3 Å². The summed E-state index contributed by atoms with van der Waals surface area (Å²) in [6.07, 6.45) is 0. The van der Waals surface area contributed by atoms with Crippen LogP contribution in [-0.4, -0.2) is 57.7 Å². The molecule has 0 saturated heterocycles. The summed E-state index contributed by atoms with van der Waals surface area (Å²) in [5.74, 6) is 0.285. The highest BCUT2D eigenvalue weighted by Gasteiger charge is 2.17. The van der Waals surface area contributed by atoms with Crippen LogP contribution in [0, 0.1) is 13.8 Å². The Hall–Kier alpha value is -2.35. The van der Waals surface area contributed by atoms with Crippen LogP contribution >= 0.6 is 23.5 Å². The van der Waals surface area contributed by atoms with Crippen LogP contribution in [0.2, 0.25) is 5.02 Å². The minimum atomic E-state index is -0.00830. The summed E-state index contributed by atoms with van der Waals surface area (Å²) < 4.78 is 1.99. The predicted octanol–water partition coefficient (Wildman–Crippen LogP) is 4.18. The molecular weight excluding hydrogens is 418 g/mol. The van der Waals surface area contributed by atoms with Crippen molar-refractivity contribution in [3.8, 4) is 0 Å². The van der Waals surface area contributed by atoms with Crippen LogP contribution in [0.1, 0.15) is 11.1 Å². The molecule has 156 valence electrons. The molecule has 8 heteroatoms. The van der Waals surface area contributed by atoms with Crippen LogP contribution in [0.5, 0.6) is 0 Å². The fraction of sp³-hybridized carbons (Fsp3) is 0.318. The lowest BCUT2D eigenvalue weighted by Crippen LogP contribution is -2.32. The van der Waals surface area contributed by atoms with Gasteiger partial charge in [0.1, 0.15) is 5.52 Å². The molecule has 4 aromatic rings. The number of carbonyl (C=O) groups is 1. The van der Waals surface area contributed by atoms with Crippen molar-refractivity contribution in [1.82, 2.24) is 24.2 Å². The Labute approximate surface area is 184 Å². The quantitative estimate of drug-likeness (QED) is 0.486. The normalized spacial score (nSPS) is 11.8. The van der Waals surface area contributed by atoms with E-state index >= 15 is 0 Å². The van der Waals surface area contributed by atoms with Crippen molar-refractivity contribution >= 4 is 62.6 Å². The second-order valence-corrected chi connectivity index (χ2v) is 9.05. The summed E-state index contributed by atoms with van der Waals surface area (Å²) in [4.78, 5) is 24.2. The SMILES string of the molecule is Cc1cc2nc3c4cc(Cl)ccc4n(SCC(=O)NCCN(C)C)c3nc2cc1C. The third kappa shape index (κ3) is 4.10. The smallest absolute Gasteiger partial charge is 0.231 e. The molecule has 30 heavy (non-hydrogen) atoms. The zero-order chi connectivity index (χ0) is 21.4. The molecule has 0 saturated carbocycles. The minimum absolute atomic E-state index is 0.00830. The lowest BCUT2D eigenvalue weighted by molar-refractivity contribution is -0.118. The van der Waals surface area contributed by atoms with Crippen molar-refractivity contribution < 1.29 is 4.79 Å². The summed E-state index contributed by atoms with van der Waals surface area (Å²) in [5.41, 5.74) is 6.55. The molecule has 0 aliphatic carbocycles. The summed E-state index contributed by atoms with van der Waals surface area (Å²) >= 11 is 7.69. The van der Waals surface area contributed by atoms with E-state index in [-0.39, 0.29) is 5.91 Å². The van der Waals surface area contributed by atoms with Crippen LogP contribution in [0.25, 0.3) is 33.1 Å². The van der Waals surface area contributed by atoms with Gasteiger partial charge in [-0.15, -0.1) is 0 Å². The number of amides is 1. The molecule has 0 aliphatic heterocycles. The number of nitrogens with one attached hydrogen (secondary N) is 1. The van der Waals surface area contributed by atoms with E-state index in [1.54, 1.807) is 0 Å². The van der Waals surface area contributed by atoms with Gasteiger partial charge in [0.15, 0.2) is 5.65 Å². The first kappa shape index (κ1) is 20.9. The molecule has 0 spiro atoms. The topological polar surface area (TPSA) is 63.1 Å². The lowest BCUT2D eigenvalue weighted by Gasteiger charge is -2.11. The fourth-order valence-corrected chi connectivity index (χ4v) is 4.41. The molecule has 0 fully saturated rings. The molecular formula is C22H24ClN5OS. The third-order valence-corrected chi connectivity index (χ3v) is 6.35. The van der Waals surface area contributed by atoms with Crippen molar-refractivity contribution in [3.05, 3.63) is 46.5 Å². The standard InChI is InChI=1S/C22H24ClN5OS/c1-13-9-17-18(10-14(13)2)26-22-21(25-17)16-11-15(23)5-6-19(16)28(22)30-12-20(29)24-7-8-27(3)4/h5-6,9-11H,7-8,12H2,1-4H3,(H,24,29). The van der Waals surface area contributed by atoms with Crippen molar-refractivity contribution in [2.75, 3.05) is 32.9 Å². The number of hydrogen-bond donors (Lipinski definition) is 1.